The fourth-order valence-corrected chi connectivity index (χ4v) is 1.67. The summed E-state index contributed by atoms with van der Waals surface area (Å²) in [6.07, 6.45) is 4.28. The molecule has 0 aliphatic carbocycles. The predicted octanol–water partition coefficient (Wildman–Crippen LogP) is 5.02. The van der Waals surface area contributed by atoms with Gasteiger partial charge in [-0.25, -0.2) is 4.39 Å². The van der Waals surface area contributed by atoms with Crippen LogP contribution in [0.5, 0.6) is 0 Å². The van der Waals surface area contributed by atoms with E-state index < -0.39 is 0 Å². The molecule has 0 atom stereocenters. The minimum Gasteiger partial charge on any atom is -0.388 e. The molecule has 0 radical (unpaired) electrons. The van der Waals surface area contributed by atoms with E-state index in [0.717, 1.165) is 5.69 Å². The molecule has 0 aromatic heterocycles. The van der Waals surface area contributed by atoms with Crippen molar-refractivity contribution >= 4 is 5.69 Å². The number of likely N-dealkylation sites (tertiary alicyclic amines) is 1. The van der Waals surface area contributed by atoms with Gasteiger partial charge in [0.15, 0.2) is 0 Å². The Morgan fingerprint density at radius 1 is 0.900 bits per heavy atom. The first-order valence-electron chi connectivity index (χ1n) is 7.84. The molecule has 0 unspecified atom stereocenters. The Morgan fingerprint density at radius 2 is 1.35 bits per heavy atom. The third-order valence-corrected chi connectivity index (χ3v) is 2.71. The van der Waals surface area contributed by atoms with Crippen molar-refractivity contribution in [3.05, 3.63) is 30.1 Å². The van der Waals surface area contributed by atoms with Crippen LogP contribution in [-0.4, -0.2) is 32.1 Å². The smallest absolute Gasteiger partial charge is 0.123 e. The van der Waals surface area contributed by atoms with Crippen LogP contribution in [0.2, 0.25) is 0 Å². The summed E-state index contributed by atoms with van der Waals surface area (Å²) < 4.78 is 12.2. The van der Waals surface area contributed by atoms with Crippen molar-refractivity contribution in [1.29, 1.82) is 0 Å². The lowest BCUT2D eigenvalue weighted by molar-refractivity contribution is 0.277. The molecule has 1 saturated heterocycles. The Labute approximate surface area is 125 Å². The topological polar surface area (TPSA) is 15.3 Å². The van der Waals surface area contributed by atoms with Gasteiger partial charge in [0.2, 0.25) is 0 Å². The number of rotatable bonds is 1. The van der Waals surface area contributed by atoms with Gasteiger partial charge < -0.3 is 10.2 Å². The summed E-state index contributed by atoms with van der Waals surface area (Å²) in [6.45, 7) is 10.6. The molecule has 1 heterocycles. The maximum atomic E-state index is 12.2. The highest BCUT2D eigenvalue weighted by Crippen LogP contribution is 2.06. The molecule has 2 nitrogen and oxygen atoms in total. The fourth-order valence-electron chi connectivity index (χ4n) is 1.67. The van der Waals surface area contributed by atoms with Crippen LogP contribution in [0.25, 0.3) is 0 Å². The first kappa shape index (κ1) is 21.2. The van der Waals surface area contributed by atoms with Crippen molar-refractivity contribution in [2.45, 2.75) is 47.0 Å². The summed E-state index contributed by atoms with van der Waals surface area (Å²) in [4.78, 5) is 2.39. The number of hydrogen-bond acceptors (Lipinski definition) is 2. The zero-order chi connectivity index (χ0) is 15.8. The zero-order valence-corrected chi connectivity index (χ0v) is 14.2. The molecule has 0 amide bonds. The molecular formula is C17H33FN2. The summed E-state index contributed by atoms with van der Waals surface area (Å²) >= 11 is 0. The van der Waals surface area contributed by atoms with Gasteiger partial charge in [0.05, 0.1) is 0 Å². The SMILES string of the molecule is CC.CC.CN1CCCCC1.CNc1ccc(F)cc1. The first-order valence-corrected chi connectivity index (χ1v) is 7.84. The lowest BCUT2D eigenvalue weighted by Gasteiger charge is -2.20. The molecule has 2 rings (SSSR count). The van der Waals surface area contributed by atoms with Crippen LogP contribution < -0.4 is 5.32 Å². The van der Waals surface area contributed by atoms with Gasteiger partial charge in [0.25, 0.3) is 0 Å². The predicted molar refractivity (Wildman–Crippen MR) is 90.0 cm³/mol. The standard InChI is InChI=1S/C7H8FN.C6H13N.2C2H6/c1-9-7-4-2-6(8)3-5-7;1-7-5-3-2-4-6-7;2*1-2/h2-5,9H,1H3;2-6H2,1H3;2*1-2H3. The Bertz CT molecular complexity index is 280. The van der Waals surface area contributed by atoms with Crippen molar-refractivity contribution in [3.8, 4) is 0 Å². The highest BCUT2D eigenvalue weighted by atomic mass is 19.1. The Hall–Kier alpha value is -1.09. The van der Waals surface area contributed by atoms with E-state index in [9.17, 15) is 4.39 Å². The van der Waals surface area contributed by atoms with Crippen LogP contribution in [0.4, 0.5) is 10.1 Å². The van der Waals surface area contributed by atoms with Crippen molar-refractivity contribution < 1.29 is 4.39 Å². The van der Waals surface area contributed by atoms with Crippen LogP contribution in [0.3, 0.4) is 0 Å². The minimum atomic E-state index is -0.200. The minimum absolute atomic E-state index is 0.200. The molecule has 0 saturated carbocycles. The van der Waals surface area contributed by atoms with Crippen molar-refractivity contribution in [2.24, 2.45) is 0 Å². The van der Waals surface area contributed by atoms with Crippen LogP contribution in [0, 0.1) is 5.82 Å². The van der Waals surface area contributed by atoms with E-state index in [0.29, 0.717) is 0 Å². The summed E-state index contributed by atoms with van der Waals surface area (Å²) in [5.41, 5.74) is 0.927. The average Bonchev–Trinajstić information content (AvgIpc) is 2.53. The third-order valence-electron chi connectivity index (χ3n) is 2.71. The number of piperidine rings is 1. The maximum absolute atomic E-state index is 12.2. The van der Waals surface area contributed by atoms with Crippen molar-refractivity contribution in [1.82, 2.24) is 4.90 Å². The molecular weight excluding hydrogens is 251 g/mol. The summed E-state index contributed by atoms with van der Waals surface area (Å²) in [5, 5.41) is 2.89. The third kappa shape index (κ3) is 12.0. The molecule has 3 heteroatoms. The van der Waals surface area contributed by atoms with Gasteiger partial charge in [-0.15, -0.1) is 0 Å². The summed E-state index contributed by atoms with van der Waals surface area (Å²) in [7, 11) is 3.99. The highest BCUT2D eigenvalue weighted by molar-refractivity contribution is 5.41. The molecule has 1 aromatic rings. The highest BCUT2D eigenvalue weighted by Gasteiger charge is 2.02. The lowest BCUT2D eigenvalue weighted by Crippen LogP contribution is -2.24. The molecule has 0 spiro atoms. The molecule has 118 valence electrons. The first-order chi connectivity index (χ1) is 9.72. The second-order valence-corrected chi connectivity index (χ2v) is 4.12. The second kappa shape index (κ2) is 16.0. The largest absolute Gasteiger partial charge is 0.388 e. The van der Waals surface area contributed by atoms with Gasteiger partial charge in [-0.3, -0.25) is 0 Å². The van der Waals surface area contributed by atoms with Gasteiger partial charge in [0, 0.05) is 12.7 Å². The van der Waals surface area contributed by atoms with E-state index in [1.165, 1.54) is 44.5 Å². The number of nitrogens with zero attached hydrogens (tertiary/aromatic N) is 1. The number of hydrogen-bond donors (Lipinski definition) is 1. The number of nitrogens with one attached hydrogen (secondary N) is 1. The fraction of sp³-hybridized carbons (Fsp3) is 0.647. The molecule has 20 heavy (non-hydrogen) atoms. The number of benzene rings is 1. The summed E-state index contributed by atoms with van der Waals surface area (Å²) in [6, 6.07) is 6.22. The van der Waals surface area contributed by atoms with Crippen molar-refractivity contribution in [2.75, 3.05) is 32.5 Å². The Balaban J connectivity index is 0. The van der Waals surface area contributed by atoms with Crippen LogP contribution in [0.1, 0.15) is 47.0 Å². The van der Waals surface area contributed by atoms with Crippen LogP contribution >= 0.6 is 0 Å². The van der Waals surface area contributed by atoms with E-state index >= 15 is 0 Å². The van der Waals surface area contributed by atoms with E-state index in [1.807, 2.05) is 27.7 Å². The molecule has 1 fully saturated rings. The van der Waals surface area contributed by atoms with Gasteiger partial charge in [-0.2, -0.15) is 0 Å². The Morgan fingerprint density at radius 3 is 1.65 bits per heavy atom. The Kier molecular flexibility index (Phi) is 16.9. The monoisotopic (exact) mass is 284 g/mol. The van der Waals surface area contributed by atoms with Gasteiger partial charge in [-0.05, 0) is 57.2 Å². The van der Waals surface area contributed by atoms with E-state index in [1.54, 1.807) is 19.2 Å². The number of anilines is 1. The summed E-state index contributed by atoms with van der Waals surface area (Å²) in [5.74, 6) is -0.200. The molecule has 1 aliphatic rings. The van der Waals surface area contributed by atoms with Crippen molar-refractivity contribution in [3.63, 3.8) is 0 Å². The molecule has 1 aliphatic heterocycles. The van der Waals surface area contributed by atoms with Crippen LogP contribution in [0.15, 0.2) is 24.3 Å². The number of halogens is 1. The molecule has 0 bridgehead atoms. The second-order valence-electron chi connectivity index (χ2n) is 4.12. The lowest BCUT2D eigenvalue weighted by atomic mass is 10.1. The normalized spacial score (nSPS) is 13.6. The van der Waals surface area contributed by atoms with Gasteiger partial charge >= 0.3 is 0 Å². The zero-order valence-electron chi connectivity index (χ0n) is 14.2. The van der Waals surface area contributed by atoms with E-state index in [4.69, 9.17) is 0 Å². The van der Waals surface area contributed by atoms with Crippen LogP contribution in [-0.2, 0) is 0 Å². The molecule has 1 aromatic carbocycles. The van der Waals surface area contributed by atoms with E-state index in [2.05, 4.69) is 17.3 Å². The average molecular weight is 284 g/mol. The van der Waals surface area contributed by atoms with Gasteiger partial charge in [0.1, 0.15) is 5.82 Å². The van der Waals surface area contributed by atoms with Gasteiger partial charge in [-0.1, -0.05) is 34.1 Å². The maximum Gasteiger partial charge on any atom is 0.123 e. The van der Waals surface area contributed by atoms with E-state index in [-0.39, 0.29) is 5.82 Å². The quantitative estimate of drug-likeness (QED) is 0.778. The molecule has 1 N–H and O–H groups in total.